The maximum atomic E-state index is 10.9. The van der Waals surface area contributed by atoms with Gasteiger partial charge in [-0.05, 0) is 0 Å². The van der Waals surface area contributed by atoms with Crippen molar-refractivity contribution in [3.63, 3.8) is 0 Å². The van der Waals surface area contributed by atoms with Crippen LogP contribution in [0.4, 0.5) is 0 Å². The van der Waals surface area contributed by atoms with Crippen molar-refractivity contribution in [1.82, 2.24) is 0 Å². The highest BCUT2D eigenvalue weighted by atomic mass is 32.2. The van der Waals surface area contributed by atoms with Gasteiger partial charge in [-0.1, -0.05) is 25.0 Å². The van der Waals surface area contributed by atoms with Crippen molar-refractivity contribution in [1.29, 1.82) is 0 Å². The van der Waals surface area contributed by atoms with Crippen LogP contribution in [0.25, 0.3) is 0 Å². The highest BCUT2D eigenvalue weighted by Gasteiger charge is 2.40. The number of rotatable bonds is 0. The van der Waals surface area contributed by atoms with E-state index in [1.807, 2.05) is 0 Å². The molecule has 0 aromatic carbocycles. The zero-order valence-corrected chi connectivity index (χ0v) is 6.70. The lowest BCUT2D eigenvalue weighted by molar-refractivity contribution is 0.369. The van der Waals surface area contributed by atoms with Crippen LogP contribution in [0.3, 0.4) is 0 Å². The second-order valence-electron chi connectivity index (χ2n) is 3.35. The van der Waals surface area contributed by atoms with Crippen molar-refractivity contribution in [2.75, 3.05) is 11.5 Å². The van der Waals surface area contributed by atoms with E-state index in [0.717, 1.165) is 5.75 Å². The predicted molar refractivity (Wildman–Crippen MR) is 39.6 cm³/mol. The molecule has 2 N–H and O–H groups in total. The summed E-state index contributed by atoms with van der Waals surface area (Å²) in [6.45, 7) is 4.14. The van der Waals surface area contributed by atoms with Crippen LogP contribution in [0, 0.1) is 5.41 Å². The van der Waals surface area contributed by atoms with E-state index < -0.39 is 11.2 Å². The summed E-state index contributed by atoms with van der Waals surface area (Å²) in [6.07, 6.45) is 0. The van der Waals surface area contributed by atoms with Gasteiger partial charge >= 0.3 is 0 Å². The van der Waals surface area contributed by atoms with Crippen LogP contribution in [0.5, 0.6) is 0 Å². The van der Waals surface area contributed by atoms with Crippen LogP contribution in [-0.4, -0.2) is 22.1 Å². The molecule has 0 saturated carbocycles. The molecular weight excluding hydrogens is 134 g/mol. The molecule has 0 spiro atoms. The molecule has 0 bridgehead atoms. The van der Waals surface area contributed by atoms with Gasteiger partial charge in [-0.3, -0.25) is 0 Å². The Morgan fingerprint density at radius 2 is 2.22 bits per heavy atom. The van der Waals surface area contributed by atoms with Crippen LogP contribution in [-0.2, 0) is 11.2 Å². The molecule has 2 unspecified atom stereocenters. The highest BCUT2D eigenvalue weighted by Crippen LogP contribution is 2.29. The van der Waals surface area contributed by atoms with Gasteiger partial charge in [0.15, 0.2) is 0 Å². The van der Waals surface area contributed by atoms with Gasteiger partial charge in [-0.25, -0.2) is 0 Å². The van der Waals surface area contributed by atoms with Gasteiger partial charge in [0.05, 0.1) is 6.04 Å². The van der Waals surface area contributed by atoms with E-state index in [-0.39, 0.29) is 11.5 Å². The van der Waals surface area contributed by atoms with Gasteiger partial charge in [0.1, 0.15) is 11.5 Å². The molecule has 1 aliphatic heterocycles. The third kappa shape index (κ3) is 1.39. The lowest BCUT2D eigenvalue weighted by Gasteiger charge is -2.17. The Hall–Kier alpha value is 0.270. The summed E-state index contributed by atoms with van der Waals surface area (Å²) >= 11 is -0.647. The highest BCUT2D eigenvalue weighted by molar-refractivity contribution is 7.91. The molecule has 1 rings (SSSR count). The van der Waals surface area contributed by atoms with E-state index in [0.29, 0.717) is 5.75 Å². The molecule has 2 atom stereocenters. The molecule has 1 saturated heterocycles. The van der Waals surface area contributed by atoms with Crippen LogP contribution >= 0.6 is 0 Å². The molecule has 1 heterocycles. The Bertz CT molecular complexity index is 116. The fraction of sp³-hybridized carbons (Fsp3) is 1.00. The first-order valence-electron chi connectivity index (χ1n) is 3.13. The first kappa shape index (κ1) is 7.38. The van der Waals surface area contributed by atoms with Gasteiger partial charge in [0.25, 0.3) is 0 Å². The minimum absolute atomic E-state index is 0.102. The zero-order valence-electron chi connectivity index (χ0n) is 5.89. The van der Waals surface area contributed by atoms with Crippen LogP contribution in [0.2, 0.25) is 0 Å². The first-order chi connectivity index (χ1) is 4.02. The van der Waals surface area contributed by atoms with E-state index >= 15 is 0 Å². The van der Waals surface area contributed by atoms with E-state index in [2.05, 4.69) is 13.8 Å². The van der Waals surface area contributed by atoms with Crippen LogP contribution in [0.15, 0.2) is 0 Å². The molecule has 0 amide bonds. The minimum Gasteiger partial charge on any atom is -0.616 e. The maximum Gasteiger partial charge on any atom is 0.121 e. The fourth-order valence-electron chi connectivity index (χ4n) is 1.01. The Balaban J connectivity index is 2.58. The van der Waals surface area contributed by atoms with Crippen molar-refractivity contribution in [3.8, 4) is 0 Å². The Morgan fingerprint density at radius 1 is 1.67 bits per heavy atom. The molecule has 3 heteroatoms. The summed E-state index contributed by atoms with van der Waals surface area (Å²) in [5.74, 6) is 1.46. The molecule has 1 fully saturated rings. The Labute approximate surface area is 59.0 Å². The van der Waals surface area contributed by atoms with Crippen molar-refractivity contribution in [2.45, 2.75) is 19.9 Å². The molecule has 0 radical (unpaired) electrons. The van der Waals surface area contributed by atoms with E-state index in [1.165, 1.54) is 0 Å². The molecule has 0 aromatic heterocycles. The maximum absolute atomic E-state index is 10.9. The van der Waals surface area contributed by atoms with E-state index in [9.17, 15) is 4.55 Å². The van der Waals surface area contributed by atoms with E-state index in [4.69, 9.17) is 5.73 Å². The van der Waals surface area contributed by atoms with Crippen molar-refractivity contribution >= 4 is 11.2 Å². The van der Waals surface area contributed by atoms with Gasteiger partial charge in [-0.15, -0.1) is 0 Å². The predicted octanol–water partition coefficient (Wildman–Crippen LogP) is 0.102. The van der Waals surface area contributed by atoms with Gasteiger partial charge in [0, 0.05) is 5.41 Å². The molecule has 54 valence electrons. The largest absolute Gasteiger partial charge is 0.616 e. The number of hydrogen-bond donors (Lipinski definition) is 1. The Morgan fingerprint density at radius 3 is 2.33 bits per heavy atom. The monoisotopic (exact) mass is 147 g/mol. The molecule has 0 aromatic rings. The van der Waals surface area contributed by atoms with E-state index in [1.54, 1.807) is 0 Å². The average molecular weight is 147 g/mol. The molecule has 1 aliphatic rings. The lowest BCUT2D eigenvalue weighted by Crippen LogP contribution is -2.35. The smallest absolute Gasteiger partial charge is 0.121 e. The minimum atomic E-state index is -0.647. The SMILES string of the molecule is CC1(C)C[S+]([O-])CC1N. The van der Waals surface area contributed by atoms with Gasteiger partial charge in [-0.2, -0.15) is 0 Å². The molecule has 9 heavy (non-hydrogen) atoms. The lowest BCUT2D eigenvalue weighted by atomic mass is 9.89. The van der Waals surface area contributed by atoms with Gasteiger partial charge < -0.3 is 10.3 Å². The normalized spacial score (nSPS) is 41.3. The number of nitrogens with two attached hydrogens (primary N) is 1. The van der Waals surface area contributed by atoms with Crippen LogP contribution < -0.4 is 5.73 Å². The van der Waals surface area contributed by atoms with Crippen molar-refractivity contribution in [2.24, 2.45) is 11.1 Å². The van der Waals surface area contributed by atoms with Crippen molar-refractivity contribution < 1.29 is 4.55 Å². The zero-order chi connectivity index (χ0) is 7.07. The second-order valence-corrected chi connectivity index (χ2v) is 4.85. The molecule has 0 aliphatic carbocycles. The van der Waals surface area contributed by atoms with Crippen molar-refractivity contribution in [3.05, 3.63) is 0 Å². The average Bonchev–Trinajstić information content (AvgIpc) is 1.79. The number of hydrogen-bond acceptors (Lipinski definition) is 2. The quantitative estimate of drug-likeness (QED) is 0.494. The third-order valence-corrected chi connectivity index (χ3v) is 3.70. The summed E-state index contributed by atoms with van der Waals surface area (Å²) in [5, 5.41) is 0. The first-order valence-corrected chi connectivity index (χ1v) is 4.62. The molecular formula is C6H13NOS. The van der Waals surface area contributed by atoms with Gasteiger partial charge in [0.2, 0.25) is 0 Å². The second kappa shape index (κ2) is 2.15. The third-order valence-electron chi connectivity index (χ3n) is 1.90. The van der Waals surface area contributed by atoms with Crippen LogP contribution in [0.1, 0.15) is 13.8 Å². The summed E-state index contributed by atoms with van der Waals surface area (Å²) in [6, 6.07) is 0.137. The fourth-order valence-corrected chi connectivity index (χ4v) is 3.02. The summed E-state index contributed by atoms with van der Waals surface area (Å²) in [7, 11) is 0. The molecule has 2 nitrogen and oxygen atoms in total. The Kier molecular flexibility index (Phi) is 1.76. The summed E-state index contributed by atoms with van der Waals surface area (Å²) in [4.78, 5) is 0. The topological polar surface area (TPSA) is 49.1 Å². The standard InChI is InChI=1S/C6H13NOS/c1-6(2)4-9(8)3-5(6)7/h5H,3-4,7H2,1-2H3. The summed E-state index contributed by atoms with van der Waals surface area (Å²) in [5.41, 5.74) is 5.81. The summed E-state index contributed by atoms with van der Waals surface area (Å²) < 4.78 is 10.9.